The van der Waals surface area contributed by atoms with E-state index in [2.05, 4.69) is 12.2 Å². The molecule has 0 unspecified atom stereocenters. The summed E-state index contributed by atoms with van der Waals surface area (Å²) >= 11 is 0. The molecular formula is C13H20N2O. The van der Waals surface area contributed by atoms with Crippen molar-refractivity contribution in [2.24, 2.45) is 0 Å². The molecule has 0 bridgehead atoms. The molecule has 88 valence electrons. The number of nitrogens with two attached hydrogens (primary N) is 1. The summed E-state index contributed by atoms with van der Waals surface area (Å²) < 4.78 is 5.74. The van der Waals surface area contributed by atoms with E-state index in [4.69, 9.17) is 10.5 Å². The summed E-state index contributed by atoms with van der Waals surface area (Å²) in [6, 6.07) is 7.86. The molecule has 0 aromatic heterocycles. The molecule has 3 heteroatoms. The van der Waals surface area contributed by atoms with Crippen LogP contribution < -0.4 is 11.1 Å². The molecule has 1 aromatic carbocycles. The standard InChI is InChI=1S/C13H20N2O/c1-13(6-3-7-15-13)10-16-9-11-4-2-5-12(14)8-11/h2,4-5,8,15H,3,6-7,9-10,14H2,1H3/t13-/m1/s1. The van der Waals surface area contributed by atoms with Crippen molar-refractivity contribution in [1.29, 1.82) is 0 Å². The lowest BCUT2D eigenvalue weighted by atomic mass is 10.0. The van der Waals surface area contributed by atoms with Crippen molar-refractivity contribution in [3.63, 3.8) is 0 Å². The summed E-state index contributed by atoms with van der Waals surface area (Å²) in [5.74, 6) is 0. The first-order chi connectivity index (χ1) is 7.68. The molecule has 3 nitrogen and oxygen atoms in total. The van der Waals surface area contributed by atoms with Crippen LogP contribution in [0.4, 0.5) is 5.69 Å². The molecule has 16 heavy (non-hydrogen) atoms. The second-order valence-corrected chi connectivity index (χ2v) is 4.83. The first-order valence-corrected chi connectivity index (χ1v) is 5.85. The van der Waals surface area contributed by atoms with Crippen LogP contribution in [0.2, 0.25) is 0 Å². The van der Waals surface area contributed by atoms with Gasteiger partial charge in [0.15, 0.2) is 0 Å². The molecule has 0 radical (unpaired) electrons. The van der Waals surface area contributed by atoms with E-state index in [9.17, 15) is 0 Å². The number of ether oxygens (including phenoxy) is 1. The lowest BCUT2D eigenvalue weighted by molar-refractivity contribution is 0.0717. The van der Waals surface area contributed by atoms with E-state index >= 15 is 0 Å². The molecular weight excluding hydrogens is 200 g/mol. The Morgan fingerprint density at radius 3 is 3.06 bits per heavy atom. The van der Waals surface area contributed by atoms with E-state index in [1.807, 2.05) is 24.3 Å². The van der Waals surface area contributed by atoms with Crippen LogP contribution in [0.15, 0.2) is 24.3 Å². The van der Waals surface area contributed by atoms with Gasteiger partial charge in [0.25, 0.3) is 0 Å². The lowest BCUT2D eigenvalue weighted by Crippen LogP contribution is -2.40. The number of nitrogens with one attached hydrogen (secondary N) is 1. The van der Waals surface area contributed by atoms with E-state index in [1.165, 1.54) is 12.8 Å². The topological polar surface area (TPSA) is 47.3 Å². The first-order valence-electron chi connectivity index (χ1n) is 5.85. The van der Waals surface area contributed by atoms with E-state index in [-0.39, 0.29) is 5.54 Å². The maximum Gasteiger partial charge on any atom is 0.0718 e. The third-order valence-corrected chi connectivity index (χ3v) is 3.10. The molecule has 1 aliphatic rings. The third kappa shape index (κ3) is 2.97. The van der Waals surface area contributed by atoms with E-state index in [1.54, 1.807) is 0 Å². The minimum atomic E-state index is 0.167. The Balaban J connectivity index is 1.79. The fraction of sp³-hybridized carbons (Fsp3) is 0.538. The average Bonchev–Trinajstić information content (AvgIpc) is 2.65. The van der Waals surface area contributed by atoms with Crippen LogP contribution in [0.25, 0.3) is 0 Å². The van der Waals surface area contributed by atoms with Gasteiger partial charge >= 0.3 is 0 Å². The number of benzene rings is 1. The normalized spacial score (nSPS) is 24.8. The zero-order valence-corrected chi connectivity index (χ0v) is 9.83. The van der Waals surface area contributed by atoms with Crippen LogP contribution in [0.5, 0.6) is 0 Å². The van der Waals surface area contributed by atoms with Gasteiger partial charge in [-0.15, -0.1) is 0 Å². The van der Waals surface area contributed by atoms with Crippen molar-refractivity contribution in [1.82, 2.24) is 5.32 Å². The summed E-state index contributed by atoms with van der Waals surface area (Å²) in [7, 11) is 0. The predicted molar refractivity (Wildman–Crippen MR) is 66.2 cm³/mol. The monoisotopic (exact) mass is 220 g/mol. The molecule has 1 aromatic rings. The van der Waals surface area contributed by atoms with Crippen molar-refractivity contribution >= 4 is 5.69 Å². The summed E-state index contributed by atoms with van der Waals surface area (Å²) in [6.45, 7) is 4.74. The van der Waals surface area contributed by atoms with Gasteiger partial charge in [0.2, 0.25) is 0 Å². The second-order valence-electron chi connectivity index (χ2n) is 4.83. The van der Waals surface area contributed by atoms with Gasteiger partial charge in [-0.1, -0.05) is 12.1 Å². The van der Waals surface area contributed by atoms with E-state index < -0.39 is 0 Å². The van der Waals surface area contributed by atoms with Crippen LogP contribution in [-0.2, 0) is 11.3 Å². The van der Waals surface area contributed by atoms with Gasteiger partial charge in [0, 0.05) is 11.2 Å². The summed E-state index contributed by atoms with van der Waals surface area (Å²) in [5.41, 5.74) is 7.82. The second kappa shape index (κ2) is 4.85. The highest BCUT2D eigenvalue weighted by molar-refractivity contribution is 5.40. The van der Waals surface area contributed by atoms with Crippen molar-refractivity contribution in [3.8, 4) is 0 Å². The van der Waals surface area contributed by atoms with Crippen LogP contribution in [0.3, 0.4) is 0 Å². The number of hydrogen-bond acceptors (Lipinski definition) is 3. The molecule has 1 saturated heterocycles. The largest absolute Gasteiger partial charge is 0.399 e. The van der Waals surface area contributed by atoms with Gasteiger partial charge < -0.3 is 15.8 Å². The molecule has 1 aliphatic heterocycles. The Labute approximate surface area is 97.0 Å². The Bertz CT molecular complexity index is 346. The quantitative estimate of drug-likeness (QED) is 0.762. The highest BCUT2D eigenvalue weighted by Gasteiger charge is 2.27. The Morgan fingerprint density at radius 1 is 1.50 bits per heavy atom. The van der Waals surface area contributed by atoms with Crippen LogP contribution >= 0.6 is 0 Å². The zero-order chi connectivity index (χ0) is 11.4. The third-order valence-electron chi connectivity index (χ3n) is 3.10. The Hall–Kier alpha value is -1.06. The van der Waals surface area contributed by atoms with Crippen molar-refractivity contribution in [2.45, 2.75) is 31.9 Å². The van der Waals surface area contributed by atoms with Crippen LogP contribution in [0.1, 0.15) is 25.3 Å². The smallest absolute Gasteiger partial charge is 0.0718 e. The van der Waals surface area contributed by atoms with E-state index in [0.29, 0.717) is 6.61 Å². The fourth-order valence-electron chi connectivity index (χ4n) is 2.16. The highest BCUT2D eigenvalue weighted by atomic mass is 16.5. The minimum Gasteiger partial charge on any atom is -0.399 e. The van der Waals surface area contributed by atoms with Gasteiger partial charge in [0.05, 0.1) is 13.2 Å². The molecule has 2 rings (SSSR count). The lowest BCUT2D eigenvalue weighted by Gasteiger charge is -2.23. The maximum atomic E-state index is 5.74. The van der Waals surface area contributed by atoms with E-state index in [0.717, 1.165) is 24.4 Å². The SMILES string of the molecule is C[C@]1(COCc2cccc(N)c2)CCCN1. The average molecular weight is 220 g/mol. The number of nitrogen functional groups attached to an aromatic ring is 1. The van der Waals surface area contributed by atoms with Crippen molar-refractivity contribution < 1.29 is 4.74 Å². The number of rotatable bonds is 4. The highest BCUT2D eigenvalue weighted by Crippen LogP contribution is 2.19. The number of hydrogen-bond donors (Lipinski definition) is 2. The fourth-order valence-corrected chi connectivity index (χ4v) is 2.16. The van der Waals surface area contributed by atoms with Gasteiger partial charge in [0.1, 0.15) is 0 Å². The summed E-state index contributed by atoms with van der Waals surface area (Å²) in [4.78, 5) is 0. The van der Waals surface area contributed by atoms with Crippen molar-refractivity contribution in [2.75, 3.05) is 18.9 Å². The molecule has 3 N–H and O–H groups in total. The maximum absolute atomic E-state index is 5.74. The van der Waals surface area contributed by atoms with Crippen LogP contribution in [-0.4, -0.2) is 18.7 Å². The molecule has 0 amide bonds. The van der Waals surface area contributed by atoms with Gasteiger partial charge in [-0.25, -0.2) is 0 Å². The van der Waals surface area contributed by atoms with Crippen molar-refractivity contribution in [3.05, 3.63) is 29.8 Å². The number of anilines is 1. The van der Waals surface area contributed by atoms with Crippen LogP contribution in [0, 0.1) is 0 Å². The first kappa shape index (κ1) is 11.4. The molecule has 0 spiro atoms. The molecule has 1 fully saturated rings. The van der Waals surface area contributed by atoms with Gasteiger partial charge in [-0.05, 0) is 44.0 Å². The molecule has 1 heterocycles. The summed E-state index contributed by atoms with van der Waals surface area (Å²) in [5, 5.41) is 3.48. The van der Waals surface area contributed by atoms with Gasteiger partial charge in [-0.2, -0.15) is 0 Å². The van der Waals surface area contributed by atoms with Gasteiger partial charge in [-0.3, -0.25) is 0 Å². The Morgan fingerprint density at radius 2 is 2.38 bits per heavy atom. The predicted octanol–water partition coefficient (Wildman–Crippen LogP) is 1.93. The molecule has 0 saturated carbocycles. The minimum absolute atomic E-state index is 0.167. The molecule has 1 atom stereocenters. The Kier molecular flexibility index (Phi) is 3.46. The zero-order valence-electron chi connectivity index (χ0n) is 9.83. The summed E-state index contributed by atoms with van der Waals surface area (Å²) in [6.07, 6.45) is 2.45. The molecule has 0 aliphatic carbocycles.